The normalized spacial score (nSPS) is 17.4. The number of nitrogens with two attached hydrogens (primary N) is 2. The molecule has 0 aliphatic heterocycles. The Morgan fingerprint density at radius 3 is 1.12 bits per heavy atom. The van der Waals surface area contributed by atoms with Crippen LogP contribution in [-0.2, 0) is 9.59 Å². The summed E-state index contributed by atoms with van der Waals surface area (Å²) in [5, 5.41) is 16.6. The fourth-order valence-corrected chi connectivity index (χ4v) is 0.302. The fourth-order valence-electron chi connectivity index (χ4n) is 0.302. The van der Waals surface area contributed by atoms with Gasteiger partial charge in [-0.1, -0.05) is 13.8 Å². The van der Waals surface area contributed by atoms with Crippen LogP contribution in [0, 0.1) is 0 Å². The van der Waals surface area contributed by atoms with Gasteiger partial charge in [0, 0.05) is 0 Å². The third kappa shape index (κ3) is 6.36. The van der Waals surface area contributed by atoms with Gasteiger partial charge in [0.1, 0.15) is 11.1 Å². The summed E-state index contributed by atoms with van der Waals surface area (Å²) in [6.45, 7) is 6.48. The summed E-state index contributed by atoms with van der Waals surface area (Å²) in [5.41, 5.74) is 8.44. The van der Waals surface area contributed by atoms with Gasteiger partial charge in [0.05, 0.1) is 0 Å². The maximum Gasteiger partial charge on any atom is 0.323 e. The topological polar surface area (TPSA) is 127 Å². The predicted molar refractivity (Wildman–Crippen MR) is 61.0 cm³/mol. The lowest BCUT2D eigenvalue weighted by Gasteiger charge is -2.14. The molecule has 0 bridgehead atoms. The van der Waals surface area contributed by atoms with Crippen LogP contribution in [0.15, 0.2) is 0 Å². The van der Waals surface area contributed by atoms with E-state index in [-0.39, 0.29) is 0 Å². The molecule has 6 N–H and O–H groups in total. The van der Waals surface area contributed by atoms with Crippen LogP contribution >= 0.6 is 0 Å². The molecule has 0 unspecified atom stereocenters. The Labute approximate surface area is 95.6 Å². The Morgan fingerprint density at radius 2 is 1.12 bits per heavy atom. The van der Waals surface area contributed by atoms with Crippen LogP contribution in [-0.4, -0.2) is 33.2 Å². The number of rotatable bonds is 4. The smallest absolute Gasteiger partial charge is 0.323 e. The summed E-state index contributed by atoms with van der Waals surface area (Å²) in [6, 6.07) is 0. The zero-order valence-electron chi connectivity index (χ0n) is 10.3. The molecular formula is C10H22N2O4. The minimum atomic E-state index is -1.04. The van der Waals surface area contributed by atoms with Gasteiger partial charge in [-0.05, 0) is 26.7 Å². The highest BCUT2D eigenvalue weighted by Crippen LogP contribution is 2.03. The summed E-state index contributed by atoms with van der Waals surface area (Å²) in [5.74, 6) is -1.89. The highest BCUT2D eigenvalue weighted by atomic mass is 16.4. The minimum absolute atomic E-state index is 0.461. The van der Waals surface area contributed by atoms with Crippen LogP contribution in [0.2, 0.25) is 0 Å². The SMILES string of the molecule is CC[C@@](C)(N)C(=O)O.CC[C@](C)(N)C(=O)O. The van der Waals surface area contributed by atoms with E-state index in [4.69, 9.17) is 21.7 Å². The van der Waals surface area contributed by atoms with Crippen LogP contribution in [0.1, 0.15) is 40.5 Å². The van der Waals surface area contributed by atoms with Crippen molar-refractivity contribution in [2.75, 3.05) is 0 Å². The second kappa shape index (κ2) is 6.44. The van der Waals surface area contributed by atoms with E-state index in [1.54, 1.807) is 13.8 Å². The molecule has 6 nitrogen and oxygen atoms in total. The van der Waals surface area contributed by atoms with E-state index < -0.39 is 23.0 Å². The van der Waals surface area contributed by atoms with Gasteiger partial charge in [0.2, 0.25) is 0 Å². The first-order valence-corrected chi connectivity index (χ1v) is 5.05. The molecule has 0 amide bonds. The lowest BCUT2D eigenvalue weighted by molar-refractivity contribution is -0.143. The third-order valence-electron chi connectivity index (χ3n) is 2.45. The molecule has 0 saturated carbocycles. The molecule has 0 rings (SSSR count). The molecule has 0 spiro atoms. The lowest BCUT2D eigenvalue weighted by Crippen LogP contribution is -2.43. The van der Waals surface area contributed by atoms with Crippen molar-refractivity contribution in [3.05, 3.63) is 0 Å². The molecule has 0 aliphatic carbocycles. The van der Waals surface area contributed by atoms with Crippen molar-refractivity contribution in [2.24, 2.45) is 11.5 Å². The predicted octanol–water partition coefficient (Wildman–Crippen LogP) is 0.397. The molecule has 0 aromatic rings. The van der Waals surface area contributed by atoms with Gasteiger partial charge < -0.3 is 21.7 Å². The third-order valence-corrected chi connectivity index (χ3v) is 2.45. The van der Waals surface area contributed by atoms with E-state index in [0.29, 0.717) is 12.8 Å². The molecule has 6 heteroatoms. The zero-order chi connectivity index (χ0) is 13.6. The van der Waals surface area contributed by atoms with Crippen molar-refractivity contribution >= 4 is 11.9 Å². The van der Waals surface area contributed by atoms with Crippen molar-refractivity contribution in [2.45, 2.75) is 51.6 Å². The second-order valence-corrected chi connectivity index (χ2v) is 4.15. The molecule has 0 aromatic carbocycles. The molecule has 2 atom stereocenters. The zero-order valence-corrected chi connectivity index (χ0v) is 10.3. The van der Waals surface area contributed by atoms with E-state index in [2.05, 4.69) is 0 Å². The van der Waals surface area contributed by atoms with Gasteiger partial charge in [-0.25, -0.2) is 0 Å². The van der Waals surface area contributed by atoms with Gasteiger partial charge in [0.15, 0.2) is 0 Å². The number of hydrogen-bond donors (Lipinski definition) is 4. The summed E-state index contributed by atoms with van der Waals surface area (Å²) in [7, 11) is 0. The number of aliphatic carboxylic acids is 2. The Kier molecular flexibility index (Phi) is 6.95. The molecule has 0 fully saturated rings. The van der Waals surface area contributed by atoms with E-state index in [1.807, 2.05) is 0 Å². The van der Waals surface area contributed by atoms with E-state index in [0.717, 1.165) is 0 Å². The number of hydrogen-bond acceptors (Lipinski definition) is 4. The molecule has 0 aromatic heterocycles. The van der Waals surface area contributed by atoms with Gasteiger partial charge in [0.25, 0.3) is 0 Å². The average Bonchev–Trinajstić information content (AvgIpc) is 2.18. The number of carboxylic acid groups (broad SMARTS) is 2. The summed E-state index contributed by atoms with van der Waals surface area (Å²) in [6.07, 6.45) is 0.921. The molecule has 0 saturated heterocycles. The van der Waals surface area contributed by atoms with Crippen LogP contribution in [0.3, 0.4) is 0 Å². The maximum atomic E-state index is 10.1. The highest BCUT2D eigenvalue weighted by molar-refractivity contribution is 5.78. The standard InChI is InChI=1S/2C5H11NO2/c2*1-3-5(2,6)4(7)8/h2*3,6H2,1-2H3,(H,7,8)/t2*5-/m10/s1. The summed E-state index contributed by atoms with van der Waals surface area (Å²) < 4.78 is 0. The van der Waals surface area contributed by atoms with Gasteiger partial charge >= 0.3 is 11.9 Å². The molecular weight excluding hydrogens is 212 g/mol. The van der Waals surface area contributed by atoms with Gasteiger partial charge in [-0.3, -0.25) is 9.59 Å². The summed E-state index contributed by atoms with van der Waals surface area (Å²) in [4.78, 5) is 20.3. The van der Waals surface area contributed by atoms with Crippen molar-refractivity contribution in [3.63, 3.8) is 0 Å². The van der Waals surface area contributed by atoms with E-state index in [1.165, 1.54) is 13.8 Å². The first kappa shape index (κ1) is 17.3. The fraction of sp³-hybridized carbons (Fsp3) is 0.800. The largest absolute Gasteiger partial charge is 0.480 e. The Morgan fingerprint density at radius 1 is 0.938 bits per heavy atom. The summed E-state index contributed by atoms with van der Waals surface area (Å²) >= 11 is 0. The lowest BCUT2D eigenvalue weighted by atomic mass is 10.0. The van der Waals surface area contributed by atoms with Crippen molar-refractivity contribution in [3.8, 4) is 0 Å². The molecule has 0 radical (unpaired) electrons. The van der Waals surface area contributed by atoms with E-state index >= 15 is 0 Å². The maximum absolute atomic E-state index is 10.1. The highest BCUT2D eigenvalue weighted by Gasteiger charge is 2.24. The Hall–Kier alpha value is -1.14. The van der Waals surface area contributed by atoms with Crippen molar-refractivity contribution < 1.29 is 19.8 Å². The monoisotopic (exact) mass is 234 g/mol. The van der Waals surface area contributed by atoms with Crippen molar-refractivity contribution in [1.29, 1.82) is 0 Å². The van der Waals surface area contributed by atoms with Crippen LogP contribution in [0.5, 0.6) is 0 Å². The van der Waals surface area contributed by atoms with Crippen LogP contribution in [0.4, 0.5) is 0 Å². The quantitative estimate of drug-likeness (QED) is 0.557. The molecule has 0 heterocycles. The number of carbonyl (C=O) groups is 2. The van der Waals surface area contributed by atoms with Crippen molar-refractivity contribution in [1.82, 2.24) is 0 Å². The van der Waals surface area contributed by atoms with Crippen LogP contribution < -0.4 is 11.5 Å². The Bertz CT molecular complexity index is 223. The van der Waals surface area contributed by atoms with Crippen LogP contribution in [0.25, 0.3) is 0 Å². The molecule has 96 valence electrons. The first-order chi connectivity index (χ1) is 7.01. The molecule has 0 aliphatic rings. The second-order valence-electron chi connectivity index (χ2n) is 4.15. The molecule has 16 heavy (non-hydrogen) atoms. The van der Waals surface area contributed by atoms with Gasteiger partial charge in [-0.2, -0.15) is 0 Å². The van der Waals surface area contributed by atoms with Gasteiger partial charge in [-0.15, -0.1) is 0 Å². The average molecular weight is 234 g/mol. The number of carboxylic acids is 2. The first-order valence-electron chi connectivity index (χ1n) is 5.05. The Balaban J connectivity index is 0. The van der Waals surface area contributed by atoms with E-state index in [9.17, 15) is 9.59 Å². The minimum Gasteiger partial charge on any atom is -0.480 e.